The summed E-state index contributed by atoms with van der Waals surface area (Å²) in [5.74, 6) is 1.66. The zero-order valence-electron chi connectivity index (χ0n) is 13.1. The maximum atomic E-state index is 4.67. The fraction of sp³-hybridized carbons (Fsp3) is 0.412. The zero-order chi connectivity index (χ0) is 15.1. The largest absolute Gasteiger partial charge is 0.356 e. The number of aromatic nitrogens is 2. The molecule has 1 N–H and O–H groups in total. The summed E-state index contributed by atoms with van der Waals surface area (Å²) in [4.78, 5) is 11.5. The standard InChI is InChI=1S/C17H24N4/c1-4-11-21(12-5-2)16-13-14(3)18-17(20-16)19-15-9-7-6-8-10-15/h6-10,13H,4-5,11-12H2,1-3H3,(H,18,19,20). The summed E-state index contributed by atoms with van der Waals surface area (Å²) >= 11 is 0. The minimum atomic E-state index is 0.661. The van der Waals surface area contributed by atoms with Crippen molar-refractivity contribution in [3.05, 3.63) is 42.1 Å². The molecule has 0 atom stereocenters. The Bertz CT molecular complexity index is 548. The lowest BCUT2D eigenvalue weighted by molar-refractivity contribution is 0.732. The summed E-state index contributed by atoms with van der Waals surface area (Å²) in [7, 11) is 0. The van der Waals surface area contributed by atoms with Gasteiger partial charge in [0.05, 0.1) is 0 Å². The number of aryl methyl sites for hydroxylation is 1. The van der Waals surface area contributed by atoms with Crippen LogP contribution < -0.4 is 10.2 Å². The quantitative estimate of drug-likeness (QED) is 0.829. The molecule has 0 radical (unpaired) electrons. The molecule has 4 heteroatoms. The predicted octanol–water partition coefficient (Wildman–Crippen LogP) is 4.16. The Balaban J connectivity index is 2.23. The summed E-state index contributed by atoms with van der Waals surface area (Å²) in [6.45, 7) is 8.45. The molecule has 0 aliphatic carbocycles. The van der Waals surface area contributed by atoms with Crippen molar-refractivity contribution in [2.24, 2.45) is 0 Å². The van der Waals surface area contributed by atoms with Gasteiger partial charge in [0.15, 0.2) is 0 Å². The molecule has 112 valence electrons. The van der Waals surface area contributed by atoms with E-state index in [0.29, 0.717) is 5.95 Å². The summed E-state index contributed by atoms with van der Waals surface area (Å²) in [6, 6.07) is 12.1. The molecule has 2 aromatic rings. The highest BCUT2D eigenvalue weighted by atomic mass is 15.2. The molecule has 0 aliphatic rings. The van der Waals surface area contributed by atoms with E-state index in [4.69, 9.17) is 0 Å². The lowest BCUT2D eigenvalue weighted by atomic mass is 10.3. The van der Waals surface area contributed by atoms with Crippen molar-refractivity contribution < 1.29 is 0 Å². The Morgan fingerprint density at radius 2 is 1.67 bits per heavy atom. The van der Waals surface area contributed by atoms with Crippen molar-refractivity contribution in [3.8, 4) is 0 Å². The van der Waals surface area contributed by atoms with Crippen molar-refractivity contribution in [2.45, 2.75) is 33.6 Å². The molecule has 21 heavy (non-hydrogen) atoms. The van der Waals surface area contributed by atoms with Gasteiger partial charge in [0, 0.05) is 30.5 Å². The van der Waals surface area contributed by atoms with E-state index < -0.39 is 0 Å². The smallest absolute Gasteiger partial charge is 0.229 e. The van der Waals surface area contributed by atoms with Gasteiger partial charge in [0.1, 0.15) is 5.82 Å². The normalized spacial score (nSPS) is 10.4. The van der Waals surface area contributed by atoms with Gasteiger partial charge >= 0.3 is 0 Å². The highest BCUT2D eigenvalue weighted by Gasteiger charge is 2.09. The van der Waals surface area contributed by atoms with Gasteiger partial charge in [-0.2, -0.15) is 4.98 Å². The van der Waals surface area contributed by atoms with E-state index in [1.807, 2.05) is 37.3 Å². The maximum Gasteiger partial charge on any atom is 0.229 e. The van der Waals surface area contributed by atoms with Crippen molar-refractivity contribution in [3.63, 3.8) is 0 Å². The van der Waals surface area contributed by atoms with Crippen molar-refractivity contribution in [1.29, 1.82) is 0 Å². The second kappa shape index (κ2) is 7.62. The Morgan fingerprint density at radius 3 is 2.29 bits per heavy atom. The Kier molecular flexibility index (Phi) is 5.55. The van der Waals surface area contributed by atoms with E-state index >= 15 is 0 Å². The van der Waals surface area contributed by atoms with Crippen molar-refractivity contribution in [2.75, 3.05) is 23.3 Å². The number of benzene rings is 1. The van der Waals surface area contributed by atoms with Crippen LogP contribution in [0.5, 0.6) is 0 Å². The Hall–Kier alpha value is -2.10. The highest BCUT2D eigenvalue weighted by molar-refractivity contribution is 5.55. The summed E-state index contributed by atoms with van der Waals surface area (Å²) in [6.07, 6.45) is 2.23. The van der Waals surface area contributed by atoms with Crippen LogP contribution in [0.3, 0.4) is 0 Å². The van der Waals surface area contributed by atoms with Gasteiger partial charge in [0.2, 0.25) is 5.95 Å². The van der Waals surface area contributed by atoms with Crippen LogP contribution >= 0.6 is 0 Å². The molecule has 0 amide bonds. The van der Waals surface area contributed by atoms with E-state index in [-0.39, 0.29) is 0 Å². The first kappa shape index (κ1) is 15.3. The molecule has 1 aromatic carbocycles. The van der Waals surface area contributed by atoms with Crippen LogP contribution in [0, 0.1) is 6.92 Å². The number of anilines is 3. The van der Waals surface area contributed by atoms with E-state index in [0.717, 1.165) is 43.1 Å². The van der Waals surface area contributed by atoms with Crippen LogP contribution in [-0.2, 0) is 0 Å². The summed E-state index contributed by atoms with van der Waals surface area (Å²) in [5.41, 5.74) is 1.99. The molecule has 0 unspecified atom stereocenters. The molecule has 0 saturated heterocycles. The van der Waals surface area contributed by atoms with Crippen LogP contribution in [0.2, 0.25) is 0 Å². The van der Waals surface area contributed by atoms with Crippen molar-refractivity contribution >= 4 is 17.5 Å². The highest BCUT2D eigenvalue weighted by Crippen LogP contribution is 2.18. The molecular weight excluding hydrogens is 260 g/mol. The van der Waals surface area contributed by atoms with Crippen molar-refractivity contribution in [1.82, 2.24) is 9.97 Å². The fourth-order valence-electron chi connectivity index (χ4n) is 2.30. The van der Waals surface area contributed by atoms with Crippen LogP contribution in [0.1, 0.15) is 32.4 Å². The minimum absolute atomic E-state index is 0.661. The first-order valence-electron chi connectivity index (χ1n) is 7.65. The number of rotatable bonds is 7. The Morgan fingerprint density at radius 1 is 1.00 bits per heavy atom. The monoisotopic (exact) mass is 284 g/mol. The van der Waals surface area contributed by atoms with Gasteiger partial charge in [-0.25, -0.2) is 4.98 Å². The third-order valence-corrected chi connectivity index (χ3v) is 3.18. The maximum absolute atomic E-state index is 4.67. The van der Waals surface area contributed by atoms with Gasteiger partial charge in [-0.15, -0.1) is 0 Å². The van der Waals surface area contributed by atoms with Gasteiger partial charge in [0.25, 0.3) is 0 Å². The lowest BCUT2D eigenvalue weighted by Crippen LogP contribution is -2.26. The van der Waals surface area contributed by atoms with Gasteiger partial charge in [-0.1, -0.05) is 32.0 Å². The molecule has 0 saturated carbocycles. The first-order chi connectivity index (χ1) is 10.2. The predicted molar refractivity (Wildman–Crippen MR) is 89.3 cm³/mol. The number of para-hydroxylation sites is 1. The lowest BCUT2D eigenvalue weighted by Gasteiger charge is -2.23. The third kappa shape index (κ3) is 4.45. The molecule has 0 spiro atoms. The fourth-order valence-corrected chi connectivity index (χ4v) is 2.30. The molecule has 2 rings (SSSR count). The first-order valence-corrected chi connectivity index (χ1v) is 7.65. The van der Waals surface area contributed by atoms with Gasteiger partial charge in [-0.3, -0.25) is 0 Å². The van der Waals surface area contributed by atoms with Crippen LogP contribution in [0.15, 0.2) is 36.4 Å². The van der Waals surface area contributed by atoms with Gasteiger partial charge in [-0.05, 0) is 31.9 Å². The molecule has 1 heterocycles. The number of nitrogens with zero attached hydrogens (tertiary/aromatic N) is 3. The van der Waals surface area contributed by atoms with E-state index in [1.54, 1.807) is 0 Å². The molecule has 4 nitrogen and oxygen atoms in total. The van der Waals surface area contributed by atoms with E-state index in [9.17, 15) is 0 Å². The SMILES string of the molecule is CCCN(CCC)c1cc(C)nc(Nc2ccccc2)n1. The van der Waals surface area contributed by atoms with Gasteiger partial charge < -0.3 is 10.2 Å². The molecule has 0 aliphatic heterocycles. The number of hydrogen-bond acceptors (Lipinski definition) is 4. The second-order valence-corrected chi connectivity index (χ2v) is 5.17. The Labute approximate surface area is 127 Å². The molecule has 0 bridgehead atoms. The molecule has 0 fully saturated rings. The summed E-state index contributed by atoms with van der Waals surface area (Å²) < 4.78 is 0. The average molecular weight is 284 g/mol. The average Bonchev–Trinajstić information content (AvgIpc) is 2.47. The topological polar surface area (TPSA) is 41.1 Å². The van der Waals surface area contributed by atoms with Crippen LogP contribution in [0.4, 0.5) is 17.5 Å². The van der Waals surface area contributed by atoms with Crippen LogP contribution in [-0.4, -0.2) is 23.1 Å². The number of nitrogens with one attached hydrogen (secondary N) is 1. The molecular formula is C17H24N4. The minimum Gasteiger partial charge on any atom is -0.356 e. The van der Waals surface area contributed by atoms with E-state index in [1.165, 1.54) is 0 Å². The zero-order valence-corrected chi connectivity index (χ0v) is 13.1. The second-order valence-electron chi connectivity index (χ2n) is 5.17. The summed E-state index contributed by atoms with van der Waals surface area (Å²) in [5, 5.41) is 3.28. The van der Waals surface area contributed by atoms with E-state index in [2.05, 4.69) is 40.1 Å². The number of hydrogen-bond donors (Lipinski definition) is 1. The third-order valence-electron chi connectivity index (χ3n) is 3.18. The van der Waals surface area contributed by atoms with Crippen LogP contribution in [0.25, 0.3) is 0 Å². The molecule has 1 aromatic heterocycles.